The highest BCUT2D eigenvalue weighted by atomic mass is 16.5. The molecule has 18 heavy (non-hydrogen) atoms. The van der Waals surface area contributed by atoms with E-state index in [9.17, 15) is 0 Å². The Hall–Kier alpha value is -1.80. The van der Waals surface area contributed by atoms with Crippen LogP contribution in [-0.4, -0.2) is 6.61 Å². The zero-order chi connectivity index (χ0) is 12.4. The summed E-state index contributed by atoms with van der Waals surface area (Å²) in [6.07, 6.45) is 1.99. The van der Waals surface area contributed by atoms with Crippen LogP contribution in [0.25, 0.3) is 0 Å². The largest absolute Gasteiger partial charge is 0.493 e. The fraction of sp³-hybridized carbons (Fsp3) is 0.250. The number of hydrogen-bond donors (Lipinski definition) is 1. The fourth-order valence-electron chi connectivity index (χ4n) is 2.45. The van der Waals surface area contributed by atoms with E-state index < -0.39 is 0 Å². The standard InChI is InChI=1S/C16H17NO/c17-11-14-3-1-2-12(9-14)8-13-4-5-16-15(10-13)6-7-18-16/h1-5,9-10H,6-8,11,17H2. The highest BCUT2D eigenvalue weighted by Gasteiger charge is 2.11. The van der Waals surface area contributed by atoms with Crippen molar-refractivity contribution in [2.75, 3.05) is 6.61 Å². The summed E-state index contributed by atoms with van der Waals surface area (Å²) < 4.78 is 5.52. The van der Waals surface area contributed by atoms with Gasteiger partial charge in [0.25, 0.3) is 0 Å². The minimum atomic E-state index is 0.603. The van der Waals surface area contributed by atoms with Crippen LogP contribution < -0.4 is 10.5 Å². The molecule has 2 nitrogen and oxygen atoms in total. The topological polar surface area (TPSA) is 35.2 Å². The molecule has 0 fully saturated rings. The van der Waals surface area contributed by atoms with Crippen LogP contribution in [0.4, 0.5) is 0 Å². The summed E-state index contributed by atoms with van der Waals surface area (Å²) in [5, 5.41) is 0. The molecule has 92 valence electrons. The van der Waals surface area contributed by atoms with E-state index >= 15 is 0 Å². The van der Waals surface area contributed by atoms with Crippen molar-refractivity contribution in [2.45, 2.75) is 19.4 Å². The van der Waals surface area contributed by atoms with Gasteiger partial charge in [-0.3, -0.25) is 0 Å². The summed E-state index contributed by atoms with van der Waals surface area (Å²) >= 11 is 0. The van der Waals surface area contributed by atoms with E-state index in [1.807, 2.05) is 0 Å². The lowest BCUT2D eigenvalue weighted by atomic mass is 10.0. The molecule has 2 N–H and O–H groups in total. The third-order valence-corrected chi connectivity index (χ3v) is 3.39. The molecule has 0 atom stereocenters. The molecule has 1 aliphatic rings. The van der Waals surface area contributed by atoms with Crippen molar-refractivity contribution >= 4 is 0 Å². The lowest BCUT2D eigenvalue weighted by molar-refractivity contribution is 0.357. The first-order valence-corrected chi connectivity index (χ1v) is 6.37. The molecule has 1 heterocycles. The molecule has 2 aromatic carbocycles. The van der Waals surface area contributed by atoms with Gasteiger partial charge >= 0.3 is 0 Å². The number of nitrogens with two attached hydrogens (primary N) is 1. The summed E-state index contributed by atoms with van der Waals surface area (Å²) in [4.78, 5) is 0. The van der Waals surface area contributed by atoms with Crippen molar-refractivity contribution in [3.05, 3.63) is 64.7 Å². The number of rotatable bonds is 3. The van der Waals surface area contributed by atoms with Crippen LogP contribution in [-0.2, 0) is 19.4 Å². The third-order valence-electron chi connectivity index (χ3n) is 3.39. The van der Waals surface area contributed by atoms with Crippen molar-refractivity contribution in [2.24, 2.45) is 5.73 Å². The Morgan fingerprint density at radius 2 is 1.83 bits per heavy atom. The molecule has 0 bridgehead atoms. The van der Waals surface area contributed by atoms with Gasteiger partial charge in [0.05, 0.1) is 6.61 Å². The van der Waals surface area contributed by atoms with Gasteiger partial charge in [0, 0.05) is 13.0 Å². The first kappa shape index (κ1) is 11.3. The number of ether oxygens (including phenoxy) is 1. The maximum Gasteiger partial charge on any atom is 0.122 e. The maximum absolute atomic E-state index is 5.67. The van der Waals surface area contributed by atoms with Crippen LogP contribution in [0.15, 0.2) is 42.5 Å². The Balaban J connectivity index is 1.83. The molecule has 0 saturated carbocycles. The fourth-order valence-corrected chi connectivity index (χ4v) is 2.45. The zero-order valence-corrected chi connectivity index (χ0v) is 10.4. The summed E-state index contributed by atoms with van der Waals surface area (Å²) in [7, 11) is 0. The second-order valence-electron chi connectivity index (χ2n) is 4.74. The van der Waals surface area contributed by atoms with Gasteiger partial charge in [-0.25, -0.2) is 0 Å². The van der Waals surface area contributed by atoms with E-state index in [2.05, 4.69) is 42.5 Å². The molecular formula is C16H17NO. The predicted molar refractivity (Wildman–Crippen MR) is 72.8 cm³/mol. The van der Waals surface area contributed by atoms with Gasteiger partial charge < -0.3 is 10.5 Å². The molecule has 0 amide bonds. The monoisotopic (exact) mass is 239 g/mol. The van der Waals surface area contributed by atoms with Gasteiger partial charge in [-0.05, 0) is 34.7 Å². The molecule has 0 aromatic heterocycles. The number of benzene rings is 2. The zero-order valence-electron chi connectivity index (χ0n) is 10.4. The van der Waals surface area contributed by atoms with Crippen molar-refractivity contribution in [1.82, 2.24) is 0 Å². The Morgan fingerprint density at radius 3 is 2.72 bits per heavy atom. The van der Waals surface area contributed by atoms with E-state index in [0.29, 0.717) is 6.54 Å². The lowest BCUT2D eigenvalue weighted by Crippen LogP contribution is -1.97. The predicted octanol–water partition coefficient (Wildman–Crippen LogP) is 2.67. The molecule has 0 radical (unpaired) electrons. The molecule has 0 spiro atoms. The van der Waals surface area contributed by atoms with Gasteiger partial charge in [0.2, 0.25) is 0 Å². The molecule has 2 heteroatoms. The minimum absolute atomic E-state index is 0.603. The lowest BCUT2D eigenvalue weighted by Gasteiger charge is -2.06. The van der Waals surface area contributed by atoms with Crippen LogP contribution in [0, 0.1) is 0 Å². The second-order valence-corrected chi connectivity index (χ2v) is 4.74. The van der Waals surface area contributed by atoms with Crippen LogP contribution in [0.1, 0.15) is 22.3 Å². The number of fused-ring (bicyclic) bond motifs is 1. The molecule has 0 unspecified atom stereocenters. The van der Waals surface area contributed by atoms with Gasteiger partial charge in [0.1, 0.15) is 5.75 Å². The molecular weight excluding hydrogens is 222 g/mol. The molecule has 0 aliphatic carbocycles. The molecule has 0 saturated heterocycles. The number of hydrogen-bond acceptors (Lipinski definition) is 2. The van der Waals surface area contributed by atoms with Gasteiger partial charge in [-0.2, -0.15) is 0 Å². The molecule has 2 aromatic rings. The smallest absolute Gasteiger partial charge is 0.122 e. The Bertz CT molecular complexity index is 563. The quantitative estimate of drug-likeness (QED) is 0.893. The maximum atomic E-state index is 5.67. The van der Waals surface area contributed by atoms with E-state index in [0.717, 1.165) is 25.2 Å². The van der Waals surface area contributed by atoms with Gasteiger partial charge in [0.15, 0.2) is 0 Å². The Morgan fingerprint density at radius 1 is 1.00 bits per heavy atom. The highest BCUT2D eigenvalue weighted by Crippen LogP contribution is 2.26. The van der Waals surface area contributed by atoms with Crippen molar-refractivity contribution < 1.29 is 4.74 Å². The molecule has 1 aliphatic heterocycles. The van der Waals surface area contributed by atoms with Crippen LogP contribution >= 0.6 is 0 Å². The second kappa shape index (κ2) is 4.83. The normalized spacial score (nSPS) is 13.2. The van der Waals surface area contributed by atoms with E-state index in [1.165, 1.54) is 22.3 Å². The van der Waals surface area contributed by atoms with E-state index in [4.69, 9.17) is 10.5 Å². The Kier molecular flexibility index (Phi) is 3.03. The summed E-state index contributed by atoms with van der Waals surface area (Å²) in [5.74, 6) is 1.05. The highest BCUT2D eigenvalue weighted by molar-refractivity contribution is 5.41. The first-order chi connectivity index (χ1) is 8.85. The van der Waals surface area contributed by atoms with Gasteiger partial charge in [-0.15, -0.1) is 0 Å². The molecule has 3 rings (SSSR count). The van der Waals surface area contributed by atoms with Crippen molar-refractivity contribution in [3.8, 4) is 5.75 Å². The van der Waals surface area contributed by atoms with Crippen LogP contribution in [0.5, 0.6) is 5.75 Å². The minimum Gasteiger partial charge on any atom is -0.493 e. The van der Waals surface area contributed by atoms with Crippen LogP contribution in [0.2, 0.25) is 0 Å². The third kappa shape index (κ3) is 2.24. The van der Waals surface area contributed by atoms with E-state index in [-0.39, 0.29) is 0 Å². The first-order valence-electron chi connectivity index (χ1n) is 6.37. The summed E-state index contributed by atoms with van der Waals surface area (Å²) in [5.41, 5.74) is 10.9. The van der Waals surface area contributed by atoms with Crippen molar-refractivity contribution in [3.63, 3.8) is 0 Å². The average Bonchev–Trinajstić information content (AvgIpc) is 2.86. The van der Waals surface area contributed by atoms with E-state index in [1.54, 1.807) is 0 Å². The summed E-state index contributed by atoms with van der Waals surface area (Å²) in [6, 6.07) is 15.0. The van der Waals surface area contributed by atoms with Gasteiger partial charge in [-0.1, -0.05) is 36.4 Å². The van der Waals surface area contributed by atoms with Crippen LogP contribution in [0.3, 0.4) is 0 Å². The SMILES string of the molecule is NCc1cccc(Cc2ccc3c(c2)CCO3)c1. The summed E-state index contributed by atoms with van der Waals surface area (Å²) in [6.45, 7) is 1.42. The Labute approximate surface area is 107 Å². The average molecular weight is 239 g/mol. The van der Waals surface area contributed by atoms with Crippen molar-refractivity contribution in [1.29, 1.82) is 0 Å².